The fourth-order valence-corrected chi connectivity index (χ4v) is 4.68. The van der Waals surface area contributed by atoms with Gasteiger partial charge >= 0.3 is 5.69 Å². The highest BCUT2D eigenvalue weighted by molar-refractivity contribution is 5.47. The molecule has 4 aromatic rings. The number of hydrogen-bond donors (Lipinski definition) is 2. The van der Waals surface area contributed by atoms with Crippen molar-refractivity contribution in [2.24, 2.45) is 0 Å². The average molecular weight is 489 g/mol. The molecule has 7 nitrogen and oxygen atoms in total. The minimum absolute atomic E-state index is 0.217. The van der Waals surface area contributed by atoms with E-state index in [-0.39, 0.29) is 6.61 Å². The summed E-state index contributed by atoms with van der Waals surface area (Å²) in [4.78, 5) is 25.7. The Morgan fingerprint density at radius 3 is 1.83 bits per heavy atom. The van der Waals surface area contributed by atoms with E-state index in [4.69, 9.17) is 9.47 Å². The second kappa shape index (κ2) is 10.0. The molecule has 0 unspecified atom stereocenters. The molecule has 0 amide bonds. The third-order valence-corrected chi connectivity index (χ3v) is 6.42. The zero-order chi connectivity index (χ0) is 25.1. The predicted octanol–water partition coefficient (Wildman–Crippen LogP) is 3.14. The molecule has 0 aliphatic carbocycles. The fourth-order valence-electron chi connectivity index (χ4n) is 4.68. The normalized spacial score (nSPS) is 21.9. The van der Waals surface area contributed by atoms with Gasteiger partial charge in [0.15, 0.2) is 12.4 Å². The van der Waals surface area contributed by atoms with Crippen molar-refractivity contribution in [3.63, 3.8) is 0 Å². The highest BCUT2D eigenvalue weighted by Crippen LogP contribution is 2.41. The molecule has 184 valence electrons. The fraction of sp³-hybridized carbons (Fsp3) is 0.214. The second-order valence-electron chi connectivity index (χ2n) is 8.61. The third-order valence-electron chi connectivity index (χ3n) is 6.42. The monoisotopic (exact) mass is 488 g/mol. The van der Waals surface area contributed by atoms with Gasteiger partial charge in [-0.15, -0.1) is 0 Å². The third kappa shape index (κ3) is 4.30. The predicted molar refractivity (Wildman–Crippen MR) is 131 cm³/mol. The van der Waals surface area contributed by atoms with E-state index in [1.807, 2.05) is 91.0 Å². The Morgan fingerprint density at radius 1 is 0.861 bits per heavy atom. The van der Waals surface area contributed by atoms with Crippen molar-refractivity contribution >= 4 is 0 Å². The number of nitrogens with zero attached hydrogens (tertiary/aromatic N) is 1. The van der Waals surface area contributed by atoms with Gasteiger partial charge in [-0.05, 0) is 16.7 Å². The first-order valence-corrected chi connectivity index (χ1v) is 11.6. The van der Waals surface area contributed by atoms with Gasteiger partial charge in [0.05, 0.1) is 6.61 Å². The lowest BCUT2D eigenvalue weighted by atomic mass is 9.80. The molecule has 5 rings (SSSR count). The Bertz CT molecular complexity index is 1310. The van der Waals surface area contributed by atoms with Gasteiger partial charge in [-0.25, -0.2) is 9.18 Å². The van der Waals surface area contributed by atoms with Crippen LogP contribution in [0.2, 0.25) is 0 Å². The summed E-state index contributed by atoms with van der Waals surface area (Å²) in [6, 6.07) is 30.0. The molecular formula is C28H25FN2O5. The Balaban J connectivity index is 1.52. The summed E-state index contributed by atoms with van der Waals surface area (Å²) in [5.41, 5.74) is 0.0237. The van der Waals surface area contributed by atoms with E-state index in [0.29, 0.717) is 0 Å². The summed E-state index contributed by atoms with van der Waals surface area (Å²) < 4.78 is 28.6. The number of aliphatic hydroxyl groups is 1. The first-order chi connectivity index (χ1) is 17.5. The Hall–Kier alpha value is -3.85. The molecule has 1 aromatic heterocycles. The zero-order valence-corrected chi connectivity index (χ0v) is 19.2. The van der Waals surface area contributed by atoms with Gasteiger partial charge in [0, 0.05) is 12.3 Å². The van der Waals surface area contributed by atoms with Crippen molar-refractivity contribution in [2.45, 2.75) is 30.2 Å². The maximum atomic E-state index is 15.3. The summed E-state index contributed by atoms with van der Waals surface area (Å²) in [6.07, 6.45) is -4.75. The van der Waals surface area contributed by atoms with Crippen LogP contribution in [0.25, 0.3) is 0 Å². The lowest BCUT2D eigenvalue weighted by Crippen LogP contribution is -2.38. The number of halogens is 1. The number of rotatable bonds is 7. The van der Waals surface area contributed by atoms with Crippen molar-refractivity contribution in [3.8, 4) is 0 Å². The highest BCUT2D eigenvalue weighted by atomic mass is 19.1. The highest BCUT2D eigenvalue weighted by Gasteiger charge is 2.47. The molecule has 2 heterocycles. The van der Waals surface area contributed by atoms with E-state index in [0.717, 1.165) is 27.3 Å². The number of aromatic nitrogens is 2. The molecule has 1 aliphatic heterocycles. The maximum Gasteiger partial charge on any atom is 0.330 e. The number of aromatic amines is 1. The van der Waals surface area contributed by atoms with Crippen molar-refractivity contribution in [2.75, 3.05) is 6.61 Å². The number of aliphatic hydroxyl groups excluding tert-OH is 1. The number of H-pyrrole nitrogens is 1. The van der Waals surface area contributed by atoms with Crippen LogP contribution in [-0.4, -0.2) is 39.6 Å². The number of ether oxygens (including phenoxy) is 2. The quantitative estimate of drug-likeness (QED) is 0.390. The lowest BCUT2D eigenvalue weighted by molar-refractivity contribution is -0.0914. The molecule has 1 aliphatic rings. The molecule has 36 heavy (non-hydrogen) atoms. The standard InChI is InChI=1S/C28H25FN2O5/c29-24-22(36-26(25(24)33)31-17-16-23(32)30-27(31)34)18-35-28(19-10-4-1-5-11-19,20-12-6-2-7-13-20)21-14-8-3-9-15-21/h1-17,22,24-26,33H,18H2,(H,30,32,34)/t22-,24-,25+,26-/m1/s1. The largest absolute Gasteiger partial charge is 0.385 e. The van der Waals surface area contributed by atoms with E-state index in [1.165, 1.54) is 6.20 Å². The SMILES string of the molecule is O=c1ccn([C@@H]2O[C@H](COC(c3ccccc3)(c3ccccc3)c3ccccc3)[C@@H](F)[C@@H]2O)c(=O)[nH]1. The van der Waals surface area contributed by atoms with Crippen LogP contribution < -0.4 is 11.2 Å². The number of alkyl halides is 1. The molecule has 4 atom stereocenters. The van der Waals surface area contributed by atoms with Crippen LogP contribution in [0.5, 0.6) is 0 Å². The maximum absolute atomic E-state index is 15.3. The van der Waals surface area contributed by atoms with Crippen LogP contribution >= 0.6 is 0 Å². The minimum atomic E-state index is -1.83. The molecule has 0 saturated carbocycles. The van der Waals surface area contributed by atoms with E-state index in [2.05, 4.69) is 4.98 Å². The Labute approximate surface area is 206 Å². The van der Waals surface area contributed by atoms with Crippen molar-refractivity contribution < 1.29 is 19.0 Å². The Morgan fingerprint density at radius 2 is 1.36 bits per heavy atom. The summed E-state index contributed by atoms with van der Waals surface area (Å²) in [6.45, 7) is -0.217. The molecule has 0 radical (unpaired) electrons. The van der Waals surface area contributed by atoms with Crippen LogP contribution in [0, 0.1) is 0 Å². The topological polar surface area (TPSA) is 93.5 Å². The van der Waals surface area contributed by atoms with Gasteiger partial charge < -0.3 is 14.6 Å². The second-order valence-corrected chi connectivity index (χ2v) is 8.61. The van der Waals surface area contributed by atoms with Crippen molar-refractivity contribution in [1.29, 1.82) is 0 Å². The smallest absolute Gasteiger partial charge is 0.330 e. The summed E-state index contributed by atoms with van der Waals surface area (Å²) in [7, 11) is 0. The van der Waals surface area contributed by atoms with Crippen LogP contribution in [0.15, 0.2) is 113 Å². The molecule has 1 saturated heterocycles. The first kappa shape index (κ1) is 23.9. The van der Waals surface area contributed by atoms with Crippen LogP contribution in [-0.2, 0) is 15.1 Å². The van der Waals surface area contributed by atoms with Crippen molar-refractivity contribution in [3.05, 3.63) is 141 Å². The first-order valence-electron chi connectivity index (χ1n) is 11.6. The van der Waals surface area contributed by atoms with Crippen LogP contribution in [0.1, 0.15) is 22.9 Å². The molecule has 0 bridgehead atoms. The molecular weight excluding hydrogens is 463 g/mol. The minimum Gasteiger partial charge on any atom is -0.385 e. The van der Waals surface area contributed by atoms with E-state index in [1.54, 1.807) is 0 Å². The van der Waals surface area contributed by atoms with Crippen LogP contribution in [0.3, 0.4) is 0 Å². The number of benzene rings is 3. The van der Waals surface area contributed by atoms with Gasteiger partial charge in [-0.3, -0.25) is 14.3 Å². The summed E-state index contributed by atoms with van der Waals surface area (Å²) in [5, 5.41) is 10.5. The van der Waals surface area contributed by atoms with E-state index < -0.39 is 41.5 Å². The lowest BCUT2D eigenvalue weighted by Gasteiger charge is -2.36. The summed E-state index contributed by atoms with van der Waals surface area (Å²) in [5.74, 6) is 0. The van der Waals surface area contributed by atoms with E-state index >= 15 is 4.39 Å². The number of hydrogen-bond acceptors (Lipinski definition) is 5. The molecule has 3 aromatic carbocycles. The van der Waals surface area contributed by atoms with Crippen molar-refractivity contribution in [1.82, 2.24) is 9.55 Å². The Kier molecular flexibility index (Phi) is 6.65. The molecule has 8 heteroatoms. The van der Waals surface area contributed by atoms with Gasteiger partial charge in [0.1, 0.15) is 17.8 Å². The molecule has 1 fully saturated rings. The number of nitrogens with one attached hydrogen (secondary N) is 1. The molecule has 0 spiro atoms. The van der Waals surface area contributed by atoms with Gasteiger partial charge in [-0.2, -0.15) is 0 Å². The van der Waals surface area contributed by atoms with Gasteiger partial charge in [0.2, 0.25) is 0 Å². The summed E-state index contributed by atoms with van der Waals surface area (Å²) >= 11 is 0. The van der Waals surface area contributed by atoms with E-state index in [9.17, 15) is 14.7 Å². The van der Waals surface area contributed by atoms with Crippen LogP contribution in [0.4, 0.5) is 4.39 Å². The van der Waals surface area contributed by atoms with Gasteiger partial charge in [0.25, 0.3) is 5.56 Å². The average Bonchev–Trinajstić information content (AvgIpc) is 3.19. The molecule has 2 N–H and O–H groups in total. The zero-order valence-electron chi connectivity index (χ0n) is 19.2. The van der Waals surface area contributed by atoms with Gasteiger partial charge in [-0.1, -0.05) is 91.0 Å².